The van der Waals surface area contributed by atoms with Crippen molar-refractivity contribution in [2.24, 2.45) is 0 Å². The lowest BCUT2D eigenvalue weighted by molar-refractivity contribution is -0.124. The normalized spacial score (nSPS) is 18.7. The van der Waals surface area contributed by atoms with Crippen LogP contribution in [0.5, 0.6) is 0 Å². The van der Waals surface area contributed by atoms with E-state index in [-0.39, 0.29) is 12.0 Å². The zero-order chi connectivity index (χ0) is 15.1. The summed E-state index contributed by atoms with van der Waals surface area (Å²) in [7, 11) is 4.09. The van der Waals surface area contributed by atoms with E-state index in [9.17, 15) is 4.79 Å². The maximum absolute atomic E-state index is 12.0. The fourth-order valence-electron chi connectivity index (χ4n) is 2.45. The number of hydrogen-bond donors (Lipinski definition) is 2. The van der Waals surface area contributed by atoms with Gasteiger partial charge < -0.3 is 20.3 Å². The maximum atomic E-state index is 12.0. The summed E-state index contributed by atoms with van der Waals surface area (Å²) < 4.78 is 5.55. The number of amides is 1. The lowest BCUT2D eigenvalue weighted by Gasteiger charge is -2.23. The van der Waals surface area contributed by atoms with Crippen LogP contribution in [-0.4, -0.2) is 50.7 Å². The highest BCUT2D eigenvalue weighted by molar-refractivity contribution is 5.76. The van der Waals surface area contributed by atoms with E-state index in [1.54, 1.807) is 0 Å². The average molecular weight is 291 g/mol. The van der Waals surface area contributed by atoms with Gasteiger partial charge in [0.2, 0.25) is 5.91 Å². The number of rotatable bonds is 6. The third kappa shape index (κ3) is 5.46. The molecule has 1 fully saturated rings. The van der Waals surface area contributed by atoms with E-state index in [4.69, 9.17) is 4.74 Å². The van der Waals surface area contributed by atoms with Gasteiger partial charge in [0.05, 0.1) is 19.1 Å². The zero-order valence-electron chi connectivity index (χ0n) is 12.9. The van der Waals surface area contributed by atoms with Gasteiger partial charge in [0.25, 0.3) is 0 Å². The van der Waals surface area contributed by atoms with E-state index < -0.39 is 0 Å². The minimum atomic E-state index is -0.00392. The molecule has 2 N–H and O–H groups in total. The first-order valence-corrected chi connectivity index (χ1v) is 7.45. The van der Waals surface area contributed by atoms with Gasteiger partial charge in [-0.3, -0.25) is 4.79 Å². The van der Waals surface area contributed by atoms with Crippen molar-refractivity contribution in [2.75, 3.05) is 33.8 Å². The van der Waals surface area contributed by atoms with Gasteiger partial charge in [-0.25, -0.2) is 0 Å². The Morgan fingerprint density at radius 3 is 2.81 bits per heavy atom. The van der Waals surface area contributed by atoms with Gasteiger partial charge in [0, 0.05) is 26.2 Å². The van der Waals surface area contributed by atoms with Gasteiger partial charge >= 0.3 is 0 Å². The fraction of sp³-hybridized carbons (Fsp3) is 0.562. The Bertz CT molecular complexity index is 457. The number of ether oxygens (including phenoxy) is 1. The highest BCUT2D eigenvalue weighted by atomic mass is 16.5. The number of nitrogens with one attached hydrogen (secondary N) is 2. The van der Waals surface area contributed by atoms with Gasteiger partial charge in [-0.2, -0.15) is 0 Å². The Morgan fingerprint density at radius 2 is 2.14 bits per heavy atom. The summed E-state index contributed by atoms with van der Waals surface area (Å²) in [6.07, 6.45) is 0.416. The molecule has 5 nitrogen and oxygen atoms in total. The predicted molar refractivity (Wildman–Crippen MR) is 82.9 cm³/mol. The second-order valence-electron chi connectivity index (χ2n) is 5.68. The van der Waals surface area contributed by atoms with Crippen LogP contribution in [0.15, 0.2) is 24.3 Å². The van der Waals surface area contributed by atoms with Crippen molar-refractivity contribution in [2.45, 2.75) is 25.6 Å². The number of hydrogen-bond acceptors (Lipinski definition) is 4. The fourth-order valence-corrected chi connectivity index (χ4v) is 2.45. The van der Waals surface area contributed by atoms with Crippen LogP contribution in [0.4, 0.5) is 0 Å². The average Bonchev–Trinajstić information content (AvgIpc) is 2.47. The minimum absolute atomic E-state index is 0.00392. The Morgan fingerprint density at radius 1 is 1.38 bits per heavy atom. The number of carbonyl (C=O) groups is 1. The molecule has 1 aromatic carbocycles. The monoisotopic (exact) mass is 291 g/mol. The molecule has 0 radical (unpaired) electrons. The molecule has 0 aromatic heterocycles. The van der Waals surface area contributed by atoms with E-state index in [0.717, 1.165) is 19.6 Å². The number of benzene rings is 1. The number of carbonyl (C=O) groups excluding carboxylic acids is 1. The van der Waals surface area contributed by atoms with Gasteiger partial charge in [0.15, 0.2) is 0 Å². The van der Waals surface area contributed by atoms with E-state index in [1.807, 2.05) is 26.2 Å². The molecule has 1 amide bonds. The standard InChI is InChI=1S/C16H25N3O2/c1-19(2)12-14-6-4-3-5-13(14)10-18-16(20)9-15-11-17-7-8-21-15/h3-6,15,17H,7-12H2,1-2H3,(H,18,20). The third-order valence-electron chi connectivity index (χ3n) is 3.50. The van der Waals surface area contributed by atoms with E-state index >= 15 is 0 Å². The molecule has 0 bridgehead atoms. The highest BCUT2D eigenvalue weighted by Gasteiger charge is 2.17. The first kappa shape index (κ1) is 15.9. The first-order valence-electron chi connectivity index (χ1n) is 7.45. The van der Waals surface area contributed by atoms with Crippen molar-refractivity contribution in [3.8, 4) is 0 Å². The first-order chi connectivity index (χ1) is 10.1. The summed E-state index contributed by atoms with van der Waals surface area (Å²) >= 11 is 0. The van der Waals surface area contributed by atoms with Gasteiger partial charge in [-0.15, -0.1) is 0 Å². The van der Waals surface area contributed by atoms with E-state index in [0.29, 0.717) is 19.6 Å². The van der Waals surface area contributed by atoms with Crippen molar-refractivity contribution in [3.63, 3.8) is 0 Å². The van der Waals surface area contributed by atoms with Crippen LogP contribution in [0.1, 0.15) is 17.5 Å². The van der Waals surface area contributed by atoms with Gasteiger partial charge in [-0.05, 0) is 25.2 Å². The third-order valence-corrected chi connectivity index (χ3v) is 3.50. The molecule has 1 aliphatic heterocycles. The zero-order valence-corrected chi connectivity index (χ0v) is 12.9. The molecule has 5 heteroatoms. The van der Waals surface area contributed by atoms with Crippen LogP contribution in [0, 0.1) is 0 Å². The Kier molecular flexibility index (Phi) is 6.17. The topological polar surface area (TPSA) is 53.6 Å². The molecule has 1 heterocycles. The highest BCUT2D eigenvalue weighted by Crippen LogP contribution is 2.10. The molecule has 2 rings (SSSR count). The Balaban J connectivity index is 1.83. The largest absolute Gasteiger partial charge is 0.375 e. The van der Waals surface area contributed by atoms with Crippen molar-refractivity contribution in [1.82, 2.24) is 15.5 Å². The smallest absolute Gasteiger partial charge is 0.222 e. The molecule has 1 saturated heterocycles. The molecule has 1 aromatic rings. The van der Waals surface area contributed by atoms with Crippen LogP contribution in [-0.2, 0) is 22.6 Å². The molecular weight excluding hydrogens is 266 g/mol. The maximum Gasteiger partial charge on any atom is 0.222 e. The van der Waals surface area contributed by atoms with Crippen molar-refractivity contribution in [3.05, 3.63) is 35.4 Å². The van der Waals surface area contributed by atoms with Crippen molar-refractivity contribution < 1.29 is 9.53 Å². The summed E-state index contributed by atoms with van der Waals surface area (Å²) in [5, 5.41) is 6.23. The summed E-state index contributed by atoms with van der Waals surface area (Å²) in [6, 6.07) is 8.22. The van der Waals surface area contributed by atoms with Crippen molar-refractivity contribution >= 4 is 5.91 Å². The summed E-state index contributed by atoms with van der Waals surface area (Å²) in [5.41, 5.74) is 2.42. The molecule has 0 aliphatic carbocycles. The molecule has 1 atom stereocenters. The lowest BCUT2D eigenvalue weighted by atomic mass is 10.1. The number of morpholine rings is 1. The van der Waals surface area contributed by atoms with E-state index in [1.165, 1.54) is 11.1 Å². The van der Waals surface area contributed by atoms with Gasteiger partial charge in [-0.1, -0.05) is 24.3 Å². The molecule has 116 valence electrons. The summed E-state index contributed by atoms with van der Waals surface area (Å²) in [6.45, 7) is 3.76. The van der Waals surface area contributed by atoms with Crippen LogP contribution >= 0.6 is 0 Å². The summed E-state index contributed by atoms with van der Waals surface area (Å²) in [5.74, 6) is 0.0448. The second kappa shape index (κ2) is 8.12. The SMILES string of the molecule is CN(C)Cc1ccccc1CNC(=O)CC1CNCCO1. The van der Waals surface area contributed by atoms with Crippen LogP contribution in [0.25, 0.3) is 0 Å². The van der Waals surface area contributed by atoms with Gasteiger partial charge in [0.1, 0.15) is 0 Å². The van der Waals surface area contributed by atoms with Crippen LogP contribution in [0.3, 0.4) is 0 Å². The van der Waals surface area contributed by atoms with Crippen molar-refractivity contribution in [1.29, 1.82) is 0 Å². The van der Waals surface area contributed by atoms with E-state index in [2.05, 4.69) is 27.7 Å². The quantitative estimate of drug-likeness (QED) is 0.812. The molecular formula is C16H25N3O2. The second-order valence-corrected chi connectivity index (χ2v) is 5.68. The predicted octanol–water partition coefficient (Wildman–Crippen LogP) is 0.743. The van der Waals surface area contributed by atoms with Crippen LogP contribution < -0.4 is 10.6 Å². The lowest BCUT2D eigenvalue weighted by Crippen LogP contribution is -2.41. The summed E-state index contributed by atoms with van der Waals surface area (Å²) in [4.78, 5) is 14.1. The van der Waals surface area contributed by atoms with Crippen LogP contribution in [0.2, 0.25) is 0 Å². The molecule has 1 unspecified atom stereocenters. The molecule has 0 saturated carbocycles. The Hall–Kier alpha value is -1.43. The molecule has 0 spiro atoms. The Labute approximate surface area is 126 Å². The molecule has 21 heavy (non-hydrogen) atoms. The molecule has 1 aliphatic rings. The number of nitrogens with zero attached hydrogens (tertiary/aromatic N) is 1. The minimum Gasteiger partial charge on any atom is -0.375 e.